The van der Waals surface area contributed by atoms with Gasteiger partial charge in [0, 0.05) is 58.9 Å². The summed E-state index contributed by atoms with van der Waals surface area (Å²) in [5.41, 5.74) is 19.6. The quantitative estimate of drug-likeness (QED) is 0.0942. The van der Waals surface area contributed by atoms with E-state index in [1.165, 1.54) is 9.87 Å². The van der Waals surface area contributed by atoms with Crippen LogP contribution >= 0.6 is 24.8 Å². The number of hydrogen-bond donors (Lipinski definition) is 6. The highest BCUT2D eigenvalue weighted by Gasteiger charge is 2.39. The summed E-state index contributed by atoms with van der Waals surface area (Å²) in [6.45, 7) is 8.81. The maximum atomic E-state index is 13.3. The number of rotatable bonds is 6. The van der Waals surface area contributed by atoms with Crippen molar-refractivity contribution in [3.63, 3.8) is 0 Å². The molecule has 0 aliphatic carbocycles. The number of benzene rings is 4. The van der Waals surface area contributed by atoms with E-state index in [-0.39, 0.29) is 34.6 Å². The van der Waals surface area contributed by atoms with Crippen molar-refractivity contribution >= 4 is 85.2 Å². The summed E-state index contributed by atoms with van der Waals surface area (Å²) in [4.78, 5) is 22.8. The number of alkyl halides is 6. The van der Waals surface area contributed by atoms with Gasteiger partial charge in [0.1, 0.15) is 0 Å². The zero-order valence-corrected chi connectivity index (χ0v) is 40.9. The number of halogens is 8. The van der Waals surface area contributed by atoms with E-state index in [9.17, 15) is 43.2 Å². The average Bonchev–Trinajstić information content (AvgIpc) is 3.75. The van der Waals surface area contributed by atoms with Gasteiger partial charge in [-0.25, -0.2) is 26.4 Å². The van der Waals surface area contributed by atoms with Gasteiger partial charge in [-0.2, -0.15) is 30.6 Å². The van der Waals surface area contributed by atoms with Gasteiger partial charge in [-0.3, -0.25) is 4.31 Å². The smallest absolute Gasteiger partial charge is 0.475 e. The van der Waals surface area contributed by atoms with Crippen LogP contribution in [0.3, 0.4) is 0 Å². The lowest BCUT2D eigenvalue weighted by atomic mass is 10.0. The van der Waals surface area contributed by atoms with Crippen LogP contribution in [0.5, 0.6) is 0 Å². The van der Waals surface area contributed by atoms with Gasteiger partial charge in [-0.1, -0.05) is 42.5 Å². The summed E-state index contributed by atoms with van der Waals surface area (Å²) in [5, 5.41) is 21.0. The van der Waals surface area contributed by atoms with Crippen molar-refractivity contribution in [3.8, 4) is 0 Å². The van der Waals surface area contributed by atoms with E-state index in [0.29, 0.717) is 31.0 Å². The molecule has 0 spiro atoms. The minimum atomic E-state index is -5.08. The monoisotopic (exact) mass is 1070 g/mol. The number of hydrogen-bond acceptors (Lipinski definition) is 12. The molecule has 0 unspecified atom stereocenters. The van der Waals surface area contributed by atoms with Crippen molar-refractivity contribution < 1.29 is 63.0 Å². The summed E-state index contributed by atoms with van der Waals surface area (Å²) in [6.07, 6.45) is -5.60. The van der Waals surface area contributed by atoms with Crippen molar-refractivity contribution in [1.82, 2.24) is 14.9 Å². The topological polar surface area (TPSA) is 232 Å². The number of nitrogens with one attached hydrogen (secondary N) is 2. The number of aliphatic carboxylic acids is 2. The van der Waals surface area contributed by atoms with Crippen LogP contribution in [0.1, 0.15) is 36.0 Å². The molecule has 70 heavy (non-hydrogen) atoms. The fourth-order valence-electron chi connectivity index (χ4n) is 7.84. The van der Waals surface area contributed by atoms with Gasteiger partial charge in [0.15, 0.2) is 0 Å². The number of carboxylic acid groups (broad SMARTS) is 2. The molecule has 4 aromatic carbocycles. The first kappa shape index (κ1) is 59.1. The Kier molecular flexibility index (Phi) is 21.7. The molecule has 16 nitrogen and oxygen atoms in total. The van der Waals surface area contributed by atoms with E-state index in [4.69, 9.17) is 31.3 Å². The number of sulfonamides is 2. The van der Waals surface area contributed by atoms with Gasteiger partial charge >= 0.3 is 24.3 Å². The summed E-state index contributed by atoms with van der Waals surface area (Å²) in [7, 11) is -7.19. The molecule has 26 heteroatoms. The number of nitrogens with two attached hydrogens (primary N) is 2. The van der Waals surface area contributed by atoms with E-state index < -0.39 is 44.3 Å². The minimum Gasteiger partial charge on any atom is -0.475 e. The minimum absolute atomic E-state index is 0. The predicted molar refractivity (Wildman–Crippen MR) is 260 cm³/mol. The zero-order valence-electron chi connectivity index (χ0n) is 37.6. The highest BCUT2D eigenvalue weighted by molar-refractivity contribution is 7.92. The van der Waals surface area contributed by atoms with Gasteiger partial charge in [0.2, 0.25) is 10.0 Å². The Hall–Kier alpha value is -5.24. The first-order valence-electron chi connectivity index (χ1n) is 21.5. The molecule has 0 amide bonds. The van der Waals surface area contributed by atoms with Gasteiger partial charge in [-0.05, 0) is 104 Å². The molecule has 2 saturated heterocycles. The van der Waals surface area contributed by atoms with E-state index >= 15 is 0 Å². The fourth-order valence-corrected chi connectivity index (χ4v) is 10.9. The molecular weight excluding hydrogens is 1020 g/mol. The second kappa shape index (κ2) is 25.7. The second-order valence-electron chi connectivity index (χ2n) is 15.9. The highest BCUT2D eigenvalue weighted by Crippen LogP contribution is 2.35. The standard InChI is InChI=1S/2C20H26N4O2S.2C2HF3O2.2ClH/c21-18-15-17(8-9-20(18)23-12-4-10-22-11-14-23)27(25,26)24-13-3-6-16-5-1-2-7-19(16)24;21-19-14-18(6-7-20(19)23-11-3-9-22-10-13-23)27(25,26)24-12-8-16-4-1-2-5-17(16)15-24;2*3-2(4,5)1(6)7;;/h1-2,5,7-9,15,22H,3-4,6,10-14,21H2;1-2,4-7,14,22H,3,8-13,15,21H2;2*(H,6,7);2*1H. The highest BCUT2D eigenvalue weighted by atomic mass is 35.5. The molecule has 4 aromatic rings. The Morgan fingerprint density at radius 2 is 0.971 bits per heavy atom. The molecular formula is C44H56Cl2F6N8O8S2. The lowest BCUT2D eigenvalue weighted by molar-refractivity contribution is -0.193. The Morgan fingerprint density at radius 1 is 0.529 bits per heavy atom. The summed E-state index contributed by atoms with van der Waals surface area (Å²) >= 11 is 0. The van der Waals surface area contributed by atoms with Gasteiger partial charge in [0.25, 0.3) is 10.0 Å². The average molecular weight is 1070 g/mol. The molecule has 0 aromatic heterocycles. The van der Waals surface area contributed by atoms with Crippen molar-refractivity contribution in [2.45, 2.75) is 60.8 Å². The normalized spacial score (nSPS) is 16.5. The molecule has 0 radical (unpaired) electrons. The third kappa shape index (κ3) is 15.6. The zero-order chi connectivity index (χ0) is 49.9. The van der Waals surface area contributed by atoms with Crippen LogP contribution in [0.15, 0.2) is 94.7 Å². The number of nitrogen functional groups attached to an aromatic ring is 2. The Morgan fingerprint density at radius 3 is 1.44 bits per heavy atom. The predicted octanol–water partition coefficient (Wildman–Crippen LogP) is 6.14. The van der Waals surface area contributed by atoms with Crippen LogP contribution in [-0.2, 0) is 49.0 Å². The molecule has 0 saturated carbocycles. The van der Waals surface area contributed by atoms with E-state index in [2.05, 4.69) is 26.5 Å². The van der Waals surface area contributed by atoms with E-state index in [1.54, 1.807) is 28.6 Å². The third-order valence-corrected chi connectivity index (χ3v) is 14.9. The fraction of sp³-hybridized carbons (Fsp3) is 0.409. The van der Waals surface area contributed by atoms with E-state index in [1.807, 2.05) is 54.6 Å². The molecule has 4 heterocycles. The molecule has 4 aliphatic heterocycles. The Balaban J connectivity index is 0.000000285. The number of nitrogens with zero attached hydrogens (tertiary/aromatic N) is 4. The lowest BCUT2D eigenvalue weighted by Crippen LogP contribution is -2.36. The number of carboxylic acids is 2. The van der Waals surface area contributed by atoms with Gasteiger partial charge < -0.3 is 42.1 Å². The largest absolute Gasteiger partial charge is 0.490 e. The summed E-state index contributed by atoms with van der Waals surface area (Å²) < 4.78 is 119. The molecule has 0 bridgehead atoms. The van der Waals surface area contributed by atoms with Crippen LogP contribution in [-0.4, -0.2) is 121 Å². The SMILES string of the molecule is Cl.Cl.Nc1cc(S(=O)(=O)N2CCCc3ccccc32)ccc1N1CCCNCC1.Nc1cc(S(=O)(=O)N2CCc3ccccc3C2)ccc1N1CCCNCC1.O=C(O)C(F)(F)F.O=C(O)C(F)(F)F. The maximum absolute atomic E-state index is 13.3. The van der Waals surface area contributed by atoms with E-state index in [0.717, 1.165) is 113 Å². The number of aryl methyl sites for hydroxylation is 1. The van der Waals surface area contributed by atoms with Crippen LogP contribution in [0.4, 0.5) is 54.8 Å². The van der Waals surface area contributed by atoms with Crippen LogP contribution in [0.2, 0.25) is 0 Å². The lowest BCUT2D eigenvalue weighted by Gasteiger charge is -2.31. The number of anilines is 5. The Labute approximate surface area is 414 Å². The summed E-state index contributed by atoms with van der Waals surface area (Å²) in [5.74, 6) is -5.51. The second-order valence-corrected chi connectivity index (χ2v) is 19.7. The van der Waals surface area contributed by atoms with Crippen molar-refractivity contribution in [2.24, 2.45) is 0 Å². The third-order valence-electron chi connectivity index (χ3n) is 11.2. The van der Waals surface area contributed by atoms with Crippen molar-refractivity contribution in [1.29, 1.82) is 0 Å². The van der Waals surface area contributed by atoms with Gasteiger partial charge in [0.05, 0.1) is 38.2 Å². The molecule has 388 valence electrons. The molecule has 8 rings (SSSR count). The van der Waals surface area contributed by atoms with Crippen molar-refractivity contribution in [2.75, 3.05) is 91.0 Å². The molecule has 4 aliphatic rings. The van der Waals surface area contributed by atoms with Crippen LogP contribution in [0, 0.1) is 0 Å². The van der Waals surface area contributed by atoms with Gasteiger partial charge in [-0.15, -0.1) is 24.8 Å². The van der Waals surface area contributed by atoms with Crippen molar-refractivity contribution in [3.05, 3.63) is 102 Å². The molecule has 8 N–H and O–H groups in total. The number of fused-ring (bicyclic) bond motifs is 2. The molecule has 2 fully saturated rings. The summed E-state index contributed by atoms with van der Waals surface area (Å²) in [6, 6.07) is 26.1. The molecule has 0 atom stereocenters. The van der Waals surface area contributed by atoms with Crippen LogP contribution < -0.4 is 36.2 Å². The number of carbonyl (C=O) groups is 2. The first-order valence-corrected chi connectivity index (χ1v) is 24.4. The first-order chi connectivity index (χ1) is 32.0. The number of para-hydroxylation sites is 1. The maximum Gasteiger partial charge on any atom is 0.490 e. The Bertz CT molecular complexity index is 2580. The van der Waals surface area contributed by atoms with Crippen LogP contribution in [0.25, 0.3) is 0 Å².